The summed E-state index contributed by atoms with van der Waals surface area (Å²) < 4.78 is 0.796. The van der Waals surface area contributed by atoms with E-state index in [1.807, 2.05) is 0 Å². The Kier molecular flexibility index (Phi) is 3.89. The van der Waals surface area contributed by atoms with Gasteiger partial charge in [0.1, 0.15) is 5.15 Å². The van der Waals surface area contributed by atoms with Crippen LogP contribution in [0.2, 0.25) is 5.15 Å². The summed E-state index contributed by atoms with van der Waals surface area (Å²) in [5.74, 6) is 0.652. The molecule has 0 bridgehead atoms. The van der Waals surface area contributed by atoms with Crippen LogP contribution in [0.1, 0.15) is 19.0 Å². The first kappa shape index (κ1) is 12.0. The van der Waals surface area contributed by atoms with Gasteiger partial charge in [-0.1, -0.05) is 24.9 Å². The fourth-order valence-corrected chi connectivity index (χ4v) is 2.42. The molecular weight excluding hydrogens is 310 g/mol. The van der Waals surface area contributed by atoms with Crippen molar-refractivity contribution in [3.63, 3.8) is 0 Å². The Bertz CT molecular complexity index is 487. The van der Waals surface area contributed by atoms with E-state index in [2.05, 4.69) is 37.8 Å². The summed E-state index contributed by atoms with van der Waals surface area (Å²) in [5.41, 5.74) is 2.71. The van der Waals surface area contributed by atoms with Crippen molar-refractivity contribution in [3.8, 4) is 10.7 Å². The molecule has 0 atom stereocenters. The third-order valence-electron chi connectivity index (χ3n) is 2.02. The lowest BCUT2D eigenvalue weighted by Crippen LogP contribution is -1.97. The summed E-state index contributed by atoms with van der Waals surface area (Å²) in [5, 5.41) is 0.460. The topological polar surface area (TPSA) is 38.7 Å². The van der Waals surface area contributed by atoms with Gasteiger partial charge in [0.2, 0.25) is 0 Å². The first-order chi connectivity index (χ1) is 7.72. The lowest BCUT2D eigenvalue weighted by atomic mass is 10.2. The quantitative estimate of drug-likeness (QED) is 0.804. The zero-order valence-electron chi connectivity index (χ0n) is 8.57. The molecule has 2 heterocycles. The van der Waals surface area contributed by atoms with Gasteiger partial charge in [-0.3, -0.25) is 4.98 Å². The summed E-state index contributed by atoms with van der Waals surface area (Å²) in [7, 11) is 0. The fourth-order valence-electron chi connectivity index (χ4n) is 1.30. The molecule has 0 fully saturated rings. The molecule has 16 heavy (non-hydrogen) atoms. The van der Waals surface area contributed by atoms with Crippen molar-refractivity contribution < 1.29 is 0 Å². The summed E-state index contributed by atoms with van der Waals surface area (Å²) in [4.78, 5) is 13.7. The molecule has 0 unspecified atom stereocenters. The van der Waals surface area contributed by atoms with E-state index >= 15 is 0 Å². The highest BCUT2D eigenvalue weighted by Gasteiger charge is 2.12. The van der Waals surface area contributed by atoms with Gasteiger partial charge in [0.05, 0.1) is 20.6 Å². The van der Waals surface area contributed by atoms with Crippen LogP contribution in [-0.2, 0) is 6.42 Å². The van der Waals surface area contributed by atoms with Gasteiger partial charge in [0.15, 0.2) is 5.82 Å². The molecule has 0 aliphatic heterocycles. The van der Waals surface area contributed by atoms with Crippen LogP contribution in [0.5, 0.6) is 0 Å². The third kappa shape index (κ3) is 2.42. The Labute approximate surface area is 111 Å². The lowest BCUT2D eigenvalue weighted by Gasteiger charge is -2.05. The second-order valence-electron chi connectivity index (χ2n) is 3.21. The zero-order valence-corrected chi connectivity index (χ0v) is 11.7. The summed E-state index contributed by atoms with van der Waals surface area (Å²) in [6, 6.07) is 0. The van der Waals surface area contributed by atoms with E-state index < -0.39 is 0 Å². The van der Waals surface area contributed by atoms with E-state index in [0.29, 0.717) is 11.0 Å². The number of nitrogens with zero attached hydrogens (tertiary/aromatic N) is 3. The molecule has 0 aliphatic carbocycles. The third-order valence-corrected chi connectivity index (χ3v) is 4.12. The molecule has 0 saturated heterocycles. The maximum atomic E-state index is 6.06. The average Bonchev–Trinajstić information content (AvgIpc) is 2.78. The van der Waals surface area contributed by atoms with Gasteiger partial charge in [0, 0.05) is 6.20 Å². The molecule has 2 aromatic heterocycles. The SMILES string of the molecule is CCCc1nc(-c2cncs2)nc(Cl)c1Br. The second-order valence-corrected chi connectivity index (χ2v) is 5.25. The Morgan fingerprint density at radius 1 is 1.44 bits per heavy atom. The van der Waals surface area contributed by atoms with Crippen LogP contribution in [0.25, 0.3) is 10.7 Å². The molecular formula is C10H9BrClN3S. The average molecular weight is 319 g/mol. The smallest absolute Gasteiger partial charge is 0.172 e. The van der Waals surface area contributed by atoms with Gasteiger partial charge in [-0.25, -0.2) is 9.97 Å². The van der Waals surface area contributed by atoms with Crippen LogP contribution in [0.4, 0.5) is 0 Å². The van der Waals surface area contributed by atoms with Crippen LogP contribution < -0.4 is 0 Å². The van der Waals surface area contributed by atoms with Crippen molar-refractivity contribution in [1.29, 1.82) is 0 Å². The maximum absolute atomic E-state index is 6.06. The first-order valence-corrected chi connectivity index (χ1v) is 6.88. The first-order valence-electron chi connectivity index (χ1n) is 4.83. The number of halogens is 2. The largest absolute Gasteiger partial charge is 0.252 e. The maximum Gasteiger partial charge on any atom is 0.172 e. The molecule has 2 aromatic rings. The number of aromatic nitrogens is 3. The van der Waals surface area contributed by atoms with Crippen LogP contribution in [0, 0.1) is 0 Å². The minimum atomic E-state index is 0.460. The molecule has 0 spiro atoms. The van der Waals surface area contributed by atoms with Gasteiger partial charge in [0.25, 0.3) is 0 Å². The van der Waals surface area contributed by atoms with Crippen molar-refractivity contribution in [3.05, 3.63) is 27.0 Å². The molecule has 6 heteroatoms. The molecule has 0 saturated carbocycles. The second kappa shape index (κ2) is 5.21. The minimum Gasteiger partial charge on any atom is -0.252 e. The summed E-state index contributed by atoms with van der Waals surface area (Å²) >= 11 is 11.0. The minimum absolute atomic E-state index is 0.460. The molecule has 2 rings (SSSR count). The van der Waals surface area contributed by atoms with Gasteiger partial charge < -0.3 is 0 Å². The molecule has 0 N–H and O–H groups in total. The highest BCUT2D eigenvalue weighted by atomic mass is 79.9. The van der Waals surface area contributed by atoms with E-state index in [-0.39, 0.29) is 0 Å². The molecule has 0 aromatic carbocycles. The van der Waals surface area contributed by atoms with Crippen molar-refractivity contribution in [2.45, 2.75) is 19.8 Å². The monoisotopic (exact) mass is 317 g/mol. The predicted molar refractivity (Wildman–Crippen MR) is 69.8 cm³/mol. The summed E-state index contributed by atoms with van der Waals surface area (Å²) in [6.07, 6.45) is 3.66. The van der Waals surface area contributed by atoms with Crippen molar-refractivity contribution in [1.82, 2.24) is 15.0 Å². The normalized spacial score (nSPS) is 10.7. The van der Waals surface area contributed by atoms with E-state index in [1.54, 1.807) is 11.7 Å². The fraction of sp³-hybridized carbons (Fsp3) is 0.300. The number of aryl methyl sites for hydroxylation is 1. The Hall–Kier alpha value is -0.520. The van der Waals surface area contributed by atoms with Crippen LogP contribution in [0.15, 0.2) is 16.2 Å². The number of hydrogen-bond donors (Lipinski definition) is 0. The standard InChI is InChI=1S/C10H9BrClN3S/c1-2-3-6-8(11)9(12)15-10(14-6)7-4-13-5-16-7/h4-5H,2-3H2,1H3. The Morgan fingerprint density at radius 3 is 2.88 bits per heavy atom. The van der Waals surface area contributed by atoms with Crippen LogP contribution in [-0.4, -0.2) is 15.0 Å². The Morgan fingerprint density at radius 2 is 2.25 bits per heavy atom. The van der Waals surface area contributed by atoms with Crippen molar-refractivity contribution in [2.75, 3.05) is 0 Å². The zero-order chi connectivity index (χ0) is 11.5. The molecule has 0 radical (unpaired) electrons. The van der Waals surface area contributed by atoms with Gasteiger partial charge in [-0.2, -0.15) is 0 Å². The van der Waals surface area contributed by atoms with E-state index in [9.17, 15) is 0 Å². The van der Waals surface area contributed by atoms with E-state index in [1.165, 1.54) is 11.3 Å². The van der Waals surface area contributed by atoms with E-state index in [4.69, 9.17) is 11.6 Å². The molecule has 0 amide bonds. The summed E-state index contributed by atoms with van der Waals surface area (Å²) in [6.45, 7) is 2.11. The predicted octanol–water partition coefficient (Wildman–Crippen LogP) is 3.97. The van der Waals surface area contributed by atoms with E-state index in [0.717, 1.165) is 27.9 Å². The van der Waals surface area contributed by atoms with Crippen molar-refractivity contribution in [2.24, 2.45) is 0 Å². The molecule has 3 nitrogen and oxygen atoms in total. The molecule has 84 valence electrons. The van der Waals surface area contributed by atoms with Gasteiger partial charge in [-0.15, -0.1) is 11.3 Å². The van der Waals surface area contributed by atoms with Gasteiger partial charge >= 0.3 is 0 Å². The number of hydrogen-bond acceptors (Lipinski definition) is 4. The Balaban J connectivity index is 2.48. The highest BCUT2D eigenvalue weighted by molar-refractivity contribution is 9.10. The molecule has 0 aliphatic rings. The lowest BCUT2D eigenvalue weighted by molar-refractivity contribution is 0.868. The number of thiazole rings is 1. The highest BCUT2D eigenvalue weighted by Crippen LogP contribution is 2.28. The number of rotatable bonds is 3. The van der Waals surface area contributed by atoms with Gasteiger partial charge in [-0.05, 0) is 22.4 Å². The van der Waals surface area contributed by atoms with Crippen molar-refractivity contribution >= 4 is 38.9 Å². The van der Waals surface area contributed by atoms with Crippen LogP contribution >= 0.6 is 38.9 Å². The van der Waals surface area contributed by atoms with Crippen LogP contribution in [0.3, 0.4) is 0 Å².